The number of carbonyl (C=O) groups excluding carboxylic acids is 2. The van der Waals surface area contributed by atoms with Gasteiger partial charge in [0.1, 0.15) is 23.1 Å². The van der Waals surface area contributed by atoms with E-state index < -0.39 is 17.2 Å². The third-order valence-corrected chi connectivity index (χ3v) is 6.68. The van der Waals surface area contributed by atoms with Crippen molar-refractivity contribution in [3.8, 4) is 0 Å². The Morgan fingerprint density at radius 3 is 2.44 bits per heavy atom. The molecule has 1 amide bonds. The smallest absolute Gasteiger partial charge is 0.265 e. The number of hydrogen-bond donors (Lipinski definition) is 1. The molecule has 6 aromatic rings. The summed E-state index contributed by atoms with van der Waals surface area (Å²) in [6.07, 6.45) is 1.40. The summed E-state index contributed by atoms with van der Waals surface area (Å²) in [5.74, 6) is -0.877. The van der Waals surface area contributed by atoms with Crippen molar-refractivity contribution in [2.75, 3.05) is 5.32 Å². The molecule has 3 heterocycles. The molecule has 0 spiro atoms. The Balaban J connectivity index is 1.43. The number of furan rings is 2. The fourth-order valence-corrected chi connectivity index (χ4v) is 4.67. The van der Waals surface area contributed by atoms with Gasteiger partial charge in [0.2, 0.25) is 11.5 Å². The number of amides is 1. The molecule has 39 heavy (non-hydrogen) atoms. The number of benzene rings is 3. The number of ketones is 1. The van der Waals surface area contributed by atoms with Crippen LogP contribution >= 0.6 is 11.6 Å². The van der Waals surface area contributed by atoms with E-state index in [1.54, 1.807) is 55.5 Å². The zero-order chi connectivity index (χ0) is 27.1. The zero-order valence-corrected chi connectivity index (χ0v) is 21.4. The van der Waals surface area contributed by atoms with Crippen molar-refractivity contribution in [3.05, 3.63) is 129 Å². The van der Waals surface area contributed by atoms with Gasteiger partial charge in [0.25, 0.3) is 11.5 Å². The van der Waals surface area contributed by atoms with Crippen molar-refractivity contribution in [2.45, 2.75) is 13.5 Å². The molecule has 0 aliphatic heterocycles. The number of anilines is 1. The van der Waals surface area contributed by atoms with Gasteiger partial charge in [-0.1, -0.05) is 54.1 Å². The first-order chi connectivity index (χ1) is 18.9. The van der Waals surface area contributed by atoms with Crippen LogP contribution in [0.3, 0.4) is 0 Å². The highest BCUT2D eigenvalue weighted by molar-refractivity contribution is 6.30. The average Bonchev–Trinajstić information content (AvgIpc) is 3.48. The maximum Gasteiger partial charge on any atom is 0.265 e. The van der Waals surface area contributed by atoms with Crippen LogP contribution in [0.15, 0.2) is 98.8 Å². The fourth-order valence-electron chi connectivity index (χ4n) is 4.54. The third kappa shape index (κ3) is 4.41. The molecule has 0 radical (unpaired) electrons. The lowest BCUT2D eigenvalue weighted by atomic mass is 10.1. The standard InChI is InChI=1S/C30H20ClN3O5/c1-17-23(24-29(38-17)32-16-34(30(24)37)15-18-7-3-2-4-8-18)28(36)33-25-21-9-5-6-10-22(21)39-27(25)26(35)19-11-13-20(31)14-12-19/h2-14,16H,15H2,1H3,(H,33,36). The summed E-state index contributed by atoms with van der Waals surface area (Å²) in [7, 11) is 0. The van der Waals surface area contributed by atoms with E-state index in [4.69, 9.17) is 20.4 Å². The maximum absolute atomic E-state index is 13.7. The predicted octanol–water partition coefficient (Wildman–Crippen LogP) is 6.23. The third-order valence-electron chi connectivity index (χ3n) is 6.42. The molecule has 3 aromatic heterocycles. The van der Waals surface area contributed by atoms with E-state index in [2.05, 4.69) is 10.3 Å². The van der Waals surface area contributed by atoms with Gasteiger partial charge in [0, 0.05) is 16.0 Å². The molecule has 0 aliphatic rings. The summed E-state index contributed by atoms with van der Waals surface area (Å²) in [5, 5.41) is 3.89. The van der Waals surface area contributed by atoms with Crippen LogP contribution in [-0.4, -0.2) is 21.2 Å². The monoisotopic (exact) mass is 537 g/mol. The highest BCUT2D eigenvalue weighted by Gasteiger charge is 2.28. The first-order valence-electron chi connectivity index (χ1n) is 12.1. The van der Waals surface area contributed by atoms with Crippen LogP contribution in [0, 0.1) is 6.92 Å². The Bertz CT molecular complexity index is 1940. The lowest BCUT2D eigenvalue weighted by molar-refractivity contribution is 0.101. The molecule has 3 aromatic carbocycles. The van der Waals surface area contributed by atoms with Crippen LogP contribution in [0.4, 0.5) is 5.69 Å². The van der Waals surface area contributed by atoms with Crippen LogP contribution < -0.4 is 10.9 Å². The van der Waals surface area contributed by atoms with Gasteiger partial charge < -0.3 is 14.2 Å². The number of halogens is 1. The van der Waals surface area contributed by atoms with E-state index >= 15 is 0 Å². The van der Waals surface area contributed by atoms with E-state index in [0.717, 1.165) is 5.56 Å². The van der Waals surface area contributed by atoms with Crippen molar-refractivity contribution in [3.63, 3.8) is 0 Å². The van der Waals surface area contributed by atoms with Gasteiger partial charge in [-0.15, -0.1) is 0 Å². The van der Waals surface area contributed by atoms with Crippen LogP contribution in [0.5, 0.6) is 0 Å². The number of hydrogen-bond acceptors (Lipinski definition) is 6. The Kier molecular flexibility index (Phi) is 6.09. The molecule has 0 bridgehead atoms. The largest absolute Gasteiger partial charge is 0.450 e. The molecule has 0 saturated heterocycles. The van der Waals surface area contributed by atoms with Crippen LogP contribution in [0.2, 0.25) is 5.02 Å². The molecular weight excluding hydrogens is 518 g/mol. The Morgan fingerprint density at radius 1 is 0.949 bits per heavy atom. The van der Waals surface area contributed by atoms with E-state index in [-0.39, 0.29) is 40.4 Å². The second-order valence-electron chi connectivity index (χ2n) is 8.97. The van der Waals surface area contributed by atoms with E-state index in [0.29, 0.717) is 21.6 Å². The number of para-hydroxylation sites is 1. The van der Waals surface area contributed by atoms with E-state index in [9.17, 15) is 14.4 Å². The molecule has 0 fully saturated rings. The summed E-state index contributed by atoms with van der Waals surface area (Å²) in [6.45, 7) is 1.87. The zero-order valence-electron chi connectivity index (χ0n) is 20.6. The van der Waals surface area contributed by atoms with Gasteiger partial charge in [0.15, 0.2) is 5.76 Å². The van der Waals surface area contributed by atoms with Gasteiger partial charge in [0.05, 0.1) is 17.8 Å². The van der Waals surface area contributed by atoms with Crippen molar-refractivity contribution in [2.24, 2.45) is 0 Å². The van der Waals surface area contributed by atoms with E-state index in [1.807, 2.05) is 30.3 Å². The molecule has 192 valence electrons. The summed E-state index contributed by atoms with van der Waals surface area (Å²) in [4.78, 5) is 44.9. The van der Waals surface area contributed by atoms with Crippen LogP contribution in [-0.2, 0) is 6.54 Å². The molecule has 8 nitrogen and oxygen atoms in total. The molecule has 1 N–H and O–H groups in total. The number of aryl methyl sites for hydroxylation is 1. The fraction of sp³-hybridized carbons (Fsp3) is 0.0667. The van der Waals surface area contributed by atoms with E-state index in [1.165, 1.54) is 10.9 Å². The Hall–Kier alpha value is -4.95. The van der Waals surface area contributed by atoms with Gasteiger partial charge in [-0.2, -0.15) is 0 Å². The summed E-state index contributed by atoms with van der Waals surface area (Å²) >= 11 is 5.98. The minimum Gasteiger partial charge on any atom is -0.450 e. The SMILES string of the molecule is Cc1oc2ncn(Cc3ccccc3)c(=O)c2c1C(=O)Nc1c(C(=O)c2ccc(Cl)cc2)oc2ccccc12. The maximum atomic E-state index is 13.7. The molecule has 6 rings (SSSR count). The molecule has 0 atom stereocenters. The quantitative estimate of drug-likeness (QED) is 0.252. The first kappa shape index (κ1) is 24.4. The highest BCUT2D eigenvalue weighted by atomic mass is 35.5. The first-order valence-corrected chi connectivity index (χ1v) is 12.4. The van der Waals surface area contributed by atoms with Crippen LogP contribution in [0.1, 0.15) is 37.8 Å². The minimum absolute atomic E-state index is 0.0417. The van der Waals surface area contributed by atoms with Crippen molar-refractivity contribution >= 4 is 51.0 Å². The second-order valence-corrected chi connectivity index (χ2v) is 9.41. The van der Waals surface area contributed by atoms with Crippen molar-refractivity contribution < 1.29 is 18.4 Å². The molecule has 0 aliphatic carbocycles. The molecule has 9 heteroatoms. The Labute approximate surface area is 226 Å². The van der Waals surface area contributed by atoms with Gasteiger partial charge in [-0.05, 0) is 48.9 Å². The number of fused-ring (bicyclic) bond motifs is 2. The predicted molar refractivity (Wildman–Crippen MR) is 148 cm³/mol. The minimum atomic E-state index is -0.626. The van der Waals surface area contributed by atoms with Crippen molar-refractivity contribution in [1.82, 2.24) is 9.55 Å². The average molecular weight is 538 g/mol. The summed E-state index contributed by atoms with van der Waals surface area (Å²) in [6, 6.07) is 22.8. The molecule has 0 unspecified atom stereocenters. The van der Waals surface area contributed by atoms with Crippen LogP contribution in [0.25, 0.3) is 22.1 Å². The lowest BCUT2D eigenvalue weighted by Crippen LogP contribution is -2.23. The van der Waals surface area contributed by atoms with Gasteiger partial charge in [-0.25, -0.2) is 4.98 Å². The normalized spacial score (nSPS) is 11.2. The lowest BCUT2D eigenvalue weighted by Gasteiger charge is -2.07. The number of nitrogens with zero attached hydrogens (tertiary/aromatic N) is 2. The molecular formula is C30H20ClN3O5. The number of aromatic nitrogens is 2. The second kappa shape index (κ2) is 9.74. The number of nitrogens with one attached hydrogen (secondary N) is 1. The highest BCUT2D eigenvalue weighted by Crippen LogP contribution is 2.34. The topological polar surface area (TPSA) is 107 Å². The van der Waals surface area contributed by atoms with Gasteiger partial charge >= 0.3 is 0 Å². The summed E-state index contributed by atoms with van der Waals surface area (Å²) < 4.78 is 13.0. The number of carbonyl (C=O) groups is 2. The Morgan fingerprint density at radius 2 is 1.67 bits per heavy atom. The van der Waals surface area contributed by atoms with Crippen molar-refractivity contribution in [1.29, 1.82) is 0 Å². The summed E-state index contributed by atoms with van der Waals surface area (Å²) in [5.41, 5.74) is 1.54. The molecule has 0 saturated carbocycles. The number of rotatable bonds is 6. The van der Waals surface area contributed by atoms with Gasteiger partial charge in [-0.3, -0.25) is 19.0 Å².